The molecular formula is C22H26N6O2. The molecule has 1 aromatic carbocycles. The normalized spacial score (nSPS) is 11.8. The smallest absolute Gasteiger partial charge is 0.225 e. The molecular weight excluding hydrogens is 380 g/mol. The Morgan fingerprint density at radius 2 is 1.70 bits per heavy atom. The molecule has 0 bridgehead atoms. The number of amides is 1. The van der Waals surface area contributed by atoms with Gasteiger partial charge in [0.2, 0.25) is 11.9 Å². The van der Waals surface area contributed by atoms with Gasteiger partial charge in [0, 0.05) is 42.3 Å². The number of aliphatic hydroxyl groups is 1. The van der Waals surface area contributed by atoms with Crippen molar-refractivity contribution < 1.29 is 9.90 Å². The van der Waals surface area contributed by atoms with Gasteiger partial charge in [0.05, 0.1) is 18.3 Å². The van der Waals surface area contributed by atoms with Gasteiger partial charge < -0.3 is 21.1 Å². The average Bonchev–Trinajstić information content (AvgIpc) is 2.73. The Bertz CT molecular complexity index is 977. The Hall–Kier alpha value is -3.52. The highest BCUT2D eigenvalue weighted by Gasteiger charge is 2.15. The van der Waals surface area contributed by atoms with Crippen molar-refractivity contribution in [2.45, 2.75) is 26.8 Å². The summed E-state index contributed by atoms with van der Waals surface area (Å²) in [6.07, 6.45) is 3.42. The van der Waals surface area contributed by atoms with Crippen LogP contribution in [0.3, 0.4) is 0 Å². The number of carbonyl (C=O) groups excluding carboxylic acids is 1. The van der Waals surface area contributed by atoms with E-state index in [-0.39, 0.29) is 24.5 Å². The maximum atomic E-state index is 11.2. The van der Waals surface area contributed by atoms with Crippen LogP contribution >= 0.6 is 0 Å². The van der Waals surface area contributed by atoms with Crippen LogP contribution in [0.4, 0.5) is 23.1 Å². The number of benzene rings is 1. The minimum atomic E-state index is -0.164. The number of hydrogen-bond donors (Lipinski definition) is 4. The zero-order valence-electron chi connectivity index (χ0n) is 17.3. The topological polar surface area (TPSA) is 112 Å². The van der Waals surface area contributed by atoms with E-state index < -0.39 is 0 Å². The highest BCUT2D eigenvalue weighted by Crippen LogP contribution is 2.24. The summed E-state index contributed by atoms with van der Waals surface area (Å²) in [4.78, 5) is 24.4. The fraction of sp³-hybridized carbons (Fsp3) is 0.273. The molecule has 8 heteroatoms. The van der Waals surface area contributed by atoms with Crippen LogP contribution in [-0.2, 0) is 4.79 Å². The van der Waals surface area contributed by atoms with E-state index in [0.717, 1.165) is 22.6 Å². The van der Waals surface area contributed by atoms with Crippen molar-refractivity contribution in [1.82, 2.24) is 15.0 Å². The van der Waals surface area contributed by atoms with Crippen LogP contribution in [0, 0.1) is 5.92 Å². The van der Waals surface area contributed by atoms with E-state index in [0.29, 0.717) is 11.8 Å². The largest absolute Gasteiger partial charge is 0.394 e. The monoisotopic (exact) mass is 406 g/mol. The van der Waals surface area contributed by atoms with Crippen LogP contribution < -0.4 is 16.0 Å². The van der Waals surface area contributed by atoms with Crippen molar-refractivity contribution in [3.8, 4) is 11.3 Å². The third kappa shape index (κ3) is 5.74. The van der Waals surface area contributed by atoms with Gasteiger partial charge in [-0.1, -0.05) is 13.8 Å². The molecule has 156 valence electrons. The number of pyridine rings is 1. The van der Waals surface area contributed by atoms with E-state index in [2.05, 4.69) is 30.9 Å². The molecule has 30 heavy (non-hydrogen) atoms. The van der Waals surface area contributed by atoms with E-state index in [1.54, 1.807) is 12.4 Å². The number of anilines is 4. The van der Waals surface area contributed by atoms with E-state index in [4.69, 9.17) is 0 Å². The van der Waals surface area contributed by atoms with Crippen molar-refractivity contribution in [2.24, 2.45) is 5.92 Å². The maximum Gasteiger partial charge on any atom is 0.225 e. The molecule has 0 saturated carbocycles. The van der Waals surface area contributed by atoms with Crippen molar-refractivity contribution >= 4 is 29.0 Å². The third-order valence-corrected chi connectivity index (χ3v) is 4.50. The summed E-state index contributed by atoms with van der Waals surface area (Å²) in [6.45, 7) is 5.50. The zero-order chi connectivity index (χ0) is 21.5. The SMILES string of the molecule is CC(=O)Nc1ccc(Nc2cc(-c3ccncc3)nc(N[C@H](CO)C(C)C)n2)cc1. The number of nitrogens with one attached hydrogen (secondary N) is 3. The Labute approximate surface area is 175 Å². The number of aliphatic hydroxyl groups excluding tert-OH is 1. The van der Waals surface area contributed by atoms with E-state index in [9.17, 15) is 9.90 Å². The molecule has 4 N–H and O–H groups in total. The molecule has 0 saturated heterocycles. The number of aromatic nitrogens is 3. The van der Waals surface area contributed by atoms with Crippen molar-refractivity contribution in [3.63, 3.8) is 0 Å². The minimum absolute atomic E-state index is 0.0200. The molecule has 1 amide bonds. The lowest BCUT2D eigenvalue weighted by Gasteiger charge is -2.20. The molecule has 0 aliphatic heterocycles. The number of hydrogen-bond acceptors (Lipinski definition) is 7. The Morgan fingerprint density at radius 3 is 2.30 bits per heavy atom. The summed E-state index contributed by atoms with van der Waals surface area (Å²) in [6, 6.07) is 12.8. The van der Waals surface area contributed by atoms with Crippen LogP contribution in [0.1, 0.15) is 20.8 Å². The highest BCUT2D eigenvalue weighted by molar-refractivity contribution is 5.88. The quantitative estimate of drug-likeness (QED) is 0.451. The summed E-state index contributed by atoms with van der Waals surface area (Å²) < 4.78 is 0. The first-order valence-electron chi connectivity index (χ1n) is 9.76. The Balaban J connectivity index is 1.90. The van der Waals surface area contributed by atoms with Crippen molar-refractivity contribution in [1.29, 1.82) is 0 Å². The molecule has 3 rings (SSSR count). The molecule has 0 radical (unpaired) electrons. The van der Waals surface area contributed by atoms with Crippen molar-refractivity contribution in [3.05, 3.63) is 54.9 Å². The molecule has 8 nitrogen and oxygen atoms in total. The van der Waals surface area contributed by atoms with Crippen LogP contribution in [0.2, 0.25) is 0 Å². The Morgan fingerprint density at radius 1 is 1.03 bits per heavy atom. The second kappa shape index (κ2) is 9.80. The second-order valence-corrected chi connectivity index (χ2v) is 7.26. The summed E-state index contributed by atoms with van der Waals surface area (Å²) in [5.74, 6) is 1.12. The van der Waals surface area contributed by atoms with Crippen LogP contribution in [0.5, 0.6) is 0 Å². The fourth-order valence-corrected chi connectivity index (χ4v) is 2.82. The highest BCUT2D eigenvalue weighted by atomic mass is 16.3. The first-order chi connectivity index (χ1) is 14.4. The molecule has 0 aliphatic rings. The lowest BCUT2D eigenvalue weighted by molar-refractivity contribution is -0.114. The molecule has 0 unspecified atom stereocenters. The first kappa shape index (κ1) is 21.2. The van der Waals surface area contributed by atoms with Gasteiger partial charge in [0.1, 0.15) is 5.82 Å². The lowest BCUT2D eigenvalue weighted by Crippen LogP contribution is -2.30. The van der Waals surface area contributed by atoms with Crippen molar-refractivity contribution in [2.75, 3.05) is 22.6 Å². The van der Waals surface area contributed by atoms with Gasteiger partial charge in [-0.25, -0.2) is 4.98 Å². The maximum absolute atomic E-state index is 11.2. The van der Waals surface area contributed by atoms with Gasteiger partial charge in [-0.2, -0.15) is 4.98 Å². The Kier molecular flexibility index (Phi) is 6.92. The standard InChI is InChI=1S/C22H26N6O2/c1-14(2)20(13-29)27-22-26-19(16-8-10-23-11-9-16)12-21(28-22)25-18-6-4-17(5-7-18)24-15(3)30/h4-12,14,20,29H,13H2,1-3H3,(H,24,30)(H2,25,26,27,28)/t20-/m1/s1. The van der Waals surface area contributed by atoms with Crippen LogP contribution in [0.15, 0.2) is 54.9 Å². The number of nitrogens with zero attached hydrogens (tertiary/aromatic N) is 3. The first-order valence-corrected chi connectivity index (χ1v) is 9.76. The lowest BCUT2D eigenvalue weighted by atomic mass is 10.1. The summed E-state index contributed by atoms with van der Waals surface area (Å²) in [7, 11) is 0. The average molecular weight is 406 g/mol. The molecule has 2 heterocycles. The van der Waals surface area contributed by atoms with Gasteiger partial charge in [-0.3, -0.25) is 9.78 Å². The van der Waals surface area contributed by atoms with E-state index >= 15 is 0 Å². The predicted molar refractivity (Wildman–Crippen MR) is 119 cm³/mol. The zero-order valence-corrected chi connectivity index (χ0v) is 17.3. The second-order valence-electron chi connectivity index (χ2n) is 7.26. The fourth-order valence-electron chi connectivity index (χ4n) is 2.82. The molecule has 3 aromatic rings. The van der Waals surface area contributed by atoms with E-state index in [1.807, 2.05) is 56.3 Å². The predicted octanol–water partition coefficient (Wildman–Crippen LogP) is 3.67. The minimum Gasteiger partial charge on any atom is -0.394 e. The van der Waals surface area contributed by atoms with E-state index in [1.165, 1.54) is 6.92 Å². The molecule has 1 atom stereocenters. The van der Waals surface area contributed by atoms with Gasteiger partial charge in [0.25, 0.3) is 0 Å². The van der Waals surface area contributed by atoms with Crippen LogP contribution in [-0.4, -0.2) is 38.6 Å². The summed E-state index contributed by atoms with van der Waals surface area (Å²) in [5.41, 5.74) is 3.17. The molecule has 0 aliphatic carbocycles. The number of carbonyl (C=O) groups is 1. The molecule has 0 spiro atoms. The third-order valence-electron chi connectivity index (χ3n) is 4.50. The summed E-state index contributed by atoms with van der Waals surface area (Å²) in [5, 5.41) is 18.9. The van der Waals surface area contributed by atoms with Gasteiger partial charge in [-0.15, -0.1) is 0 Å². The molecule has 0 fully saturated rings. The molecule has 2 aromatic heterocycles. The van der Waals surface area contributed by atoms with Gasteiger partial charge >= 0.3 is 0 Å². The van der Waals surface area contributed by atoms with Gasteiger partial charge in [0.15, 0.2) is 0 Å². The van der Waals surface area contributed by atoms with Crippen LogP contribution in [0.25, 0.3) is 11.3 Å². The number of rotatable bonds is 8. The summed E-state index contributed by atoms with van der Waals surface area (Å²) >= 11 is 0. The van der Waals surface area contributed by atoms with Gasteiger partial charge in [-0.05, 0) is 42.3 Å².